The largest absolute Gasteiger partial charge is 0.397 e. The van der Waals surface area contributed by atoms with Crippen molar-refractivity contribution < 1.29 is 0 Å². The summed E-state index contributed by atoms with van der Waals surface area (Å²) < 4.78 is 0. The van der Waals surface area contributed by atoms with Gasteiger partial charge in [-0.3, -0.25) is 0 Å². The minimum atomic E-state index is 0.507. The van der Waals surface area contributed by atoms with Crippen LogP contribution in [0.4, 0.5) is 11.5 Å². The molecule has 1 fully saturated rings. The molecule has 1 aliphatic rings. The Kier molecular flexibility index (Phi) is 2.80. The highest BCUT2D eigenvalue weighted by Gasteiger charge is 2.23. The molecular formula is C12H19N3. The van der Waals surface area contributed by atoms with E-state index in [1.165, 1.54) is 19.3 Å². The summed E-state index contributed by atoms with van der Waals surface area (Å²) in [5, 5.41) is 3.44. The minimum Gasteiger partial charge on any atom is -0.397 e. The molecule has 0 aromatic carbocycles. The van der Waals surface area contributed by atoms with Gasteiger partial charge in [0.1, 0.15) is 5.82 Å². The van der Waals surface area contributed by atoms with Crippen molar-refractivity contribution in [3.63, 3.8) is 0 Å². The van der Waals surface area contributed by atoms with E-state index in [0.717, 1.165) is 23.0 Å². The number of nitrogens with zero attached hydrogens (tertiary/aromatic N) is 1. The van der Waals surface area contributed by atoms with E-state index in [9.17, 15) is 0 Å². The third kappa shape index (κ3) is 2.85. The smallest absolute Gasteiger partial charge is 0.129 e. The first-order valence-corrected chi connectivity index (χ1v) is 5.64. The third-order valence-corrected chi connectivity index (χ3v) is 2.87. The van der Waals surface area contributed by atoms with Crippen LogP contribution in [-0.4, -0.2) is 11.0 Å². The predicted octanol–water partition coefficient (Wildman–Crippen LogP) is 2.57. The number of nitrogens with one attached hydrogen (secondary N) is 1. The van der Waals surface area contributed by atoms with Gasteiger partial charge in [-0.05, 0) is 37.8 Å². The highest BCUT2D eigenvalue weighted by atomic mass is 15.0. The molecule has 1 aliphatic carbocycles. The number of nitrogen functional groups attached to an aromatic ring is 1. The van der Waals surface area contributed by atoms with Gasteiger partial charge in [-0.1, -0.05) is 12.8 Å². The van der Waals surface area contributed by atoms with E-state index in [-0.39, 0.29) is 0 Å². The first kappa shape index (κ1) is 10.3. The second-order valence-corrected chi connectivity index (χ2v) is 4.66. The Morgan fingerprint density at radius 1 is 1.60 bits per heavy atom. The number of rotatable bonds is 4. The summed E-state index contributed by atoms with van der Waals surface area (Å²) in [4.78, 5) is 4.31. The summed E-state index contributed by atoms with van der Waals surface area (Å²) >= 11 is 0. The van der Waals surface area contributed by atoms with Crippen molar-refractivity contribution in [2.24, 2.45) is 5.92 Å². The average Bonchev–Trinajstić information content (AvgIpc) is 2.94. The van der Waals surface area contributed by atoms with E-state index >= 15 is 0 Å². The highest BCUT2D eigenvalue weighted by Crippen LogP contribution is 2.34. The quantitative estimate of drug-likeness (QED) is 0.794. The van der Waals surface area contributed by atoms with Crippen LogP contribution in [0.3, 0.4) is 0 Å². The Morgan fingerprint density at radius 2 is 2.33 bits per heavy atom. The minimum absolute atomic E-state index is 0.507. The van der Waals surface area contributed by atoms with Gasteiger partial charge in [0.25, 0.3) is 0 Å². The molecule has 1 atom stereocenters. The lowest BCUT2D eigenvalue weighted by molar-refractivity contribution is 0.639. The SMILES string of the molecule is Cc1cc(N)cnc1NC(C)CC1CC1. The maximum atomic E-state index is 5.66. The number of nitrogens with two attached hydrogens (primary N) is 1. The molecule has 0 radical (unpaired) electrons. The normalized spacial score (nSPS) is 17.5. The fourth-order valence-corrected chi connectivity index (χ4v) is 1.89. The second-order valence-electron chi connectivity index (χ2n) is 4.66. The zero-order valence-corrected chi connectivity index (χ0v) is 9.46. The fraction of sp³-hybridized carbons (Fsp3) is 0.583. The second kappa shape index (κ2) is 4.09. The number of pyridine rings is 1. The van der Waals surface area contributed by atoms with Crippen molar-refractivity contribution in [1.29, 1.82) is 0 Å². The van der Waals surface area contributed by atoms with Crippen LogP contribution < -0.4 is 11.1 Å². The molecule has 1 saturated carbocycles. The Labute approximate surface area is 91.1 Å². The lowest BCUT2D eigenvalue weighted by Crippen LogP contribution is -2.17. The summed E-state index contributed by atoms with van der Waals surface area (Å²) in [6.07, 6.45) is 5.77. The van der Waals surface area contributed by atoms with Crippen LogP contribution in [0, 0.1) is 12.8 Å². The zero-order chi connectivity index (χ0) is 10.8. The molecule has 0 spiro atoms. The molecule has 3 heteroatoms. The van der Waals surface area contributed by atoms with E-state index in [4.69, 9.17) is 5.73 Å². The third-order valence-electron chi connectivity index (χ3n) is 2.87. The lowest BCUT2D eigenvalue weighted by atomic mass is 10.1. The Balaban J connectivity index is 1.96. The van der Waals surface area contributed by atoms with Crippen LogP contribution >= 0.6 is 0 Å². The molecule has 0 saturated heterocycles. The molecule has 1 unspecified atom stereocenters. The summed E-state index contributed by atoms with van der Waals surface area (Å²) in [5.41, 5.74) is 7.51. The van der Waals surface area contributed by atoms with Crippen molar-refractivity contribution in [1.82, 2.24) is 4.98 Å². The van der Waals surface area contributed by atoms with Gasteiger partial charge in [0.05, 0.1) is 11.9 Å². The van der Waals surface area contributed by atoms with Gasteiger partial charge in [0.2, 0.25) is 0 Å². The van der Waals surface area contributed by atoms with Crippen LogP contribution in [-0.2, 0) is 0 Å². The molecule has 0 bridgehead atoms. The van der Waals surface area contributed by atoms with Crippen molar-refractivity contribution in [2.45, 2.75) is 39.2 Å². The van der Waals surface area contributed by atoms with Gasteiger partial charge in [-0.25, -0.2) is 4.98 Å². The predicted molar refractivity (Wildman–Crippen MR) is 63.8 cm³/mol. The van der Waals surface area contributed by atoms with Crippen LogP contribution in [0.25, 0.3) is 0 Å². The van der Waals surface area contributed by atoms with E-state index in [1.54, 1.807) is 6.20 Å². The number of hydrogen-bond donors (Lipinski definition) is 2. The van der Waals surface area contributed by atoms with Gasteiger partial charge >= 0.3 is 0 Å². The van der Waals surface area contributed by atoms with Gasteiger partial charge in [0.15, 0.2) is 0 Å². The van der Waals surface area contributed by atoms with Gasteiger partial charge in [0, 0.05) is 6.04 Å². The number of aryl methyl sites for hydroxylation is 1. The van der Waals surface area contributed by atoms with Gasteiger partial charge < -0.3 is 11.1 Å². The zero-order valence-electron chi connectivity index (χ0n) is 9.46. The lowest BCUT2D eigenvalue weighted by Gasteiger charge is -2.15. The molecule has 82 valence electrons. The summed E-state index contributed by atoms with van der Waals surface area (Å²) in [6.45, 7) is 4.26. The molecule has 3 nitrogen and oxygen atoms in total. The van der Waals surface area contributed by atoms with E-state index in [1.807, 2.05) is 13.0 Å². The summed E-state index contributed by atoms with van der Waals surface area (Å²) in [7, 11) is 0. The average molecular weight is 205 g/mol. The number of aromatic nitrogens is 1. The molecule has 1 heterocycles. The first-order chi connectivity index (χ1) is 7.15. The molecule has 2 rings (SSSR count). The maximum absolute atomic E-state index is 5.66. The molecule has 0 aliphatic heterocycles. The summed E-state index contributed by atoms with van der Waals surface area (Å²) in [6, 6.07) is 2.46. The Bertz CT molecular complexity index is 345. The molecule has 0 amide bonds. The standard InChI is InChI=1S/C12H19N3/c1-8-5-11(13)7-14-12(8)15-9(2)6-10-3-4-10/h5,7,9-10H,3-4,6,13H2,1-2H3,(H,14,15). The van der Waals surface area contributed by atoms with Crippen LogP contribution in [0.5, 0.6) is 0 Å². The van der Waals surface area contributed by atoms with Gasteiger partial charge in [-0.2, -0.15) is 0 Å². The highest BCUT2D eigenvalue weighted by molar-refractivity contribution is 5.51. The first-order valence-electron chi connectivity index (χ1n) is 5.64. The number of anilines is 2. The summed E-state index contributed by atoms with van der Waals surface area (Å²) in [5.74, 6) is 1.92. The van der Waals surface area contributed by atoms with Crippen molar-refractivity contribution in [2.75, 3.05) is 11.1 Å². The molecule has 1 aromatic rings. The molecule has 3 N–H and O–H groups in total. The maximum Gasteiger partial charge on any atom is 0.129 e. The number of hydrogen-bond acceptors (Lipinski definition) is 3. The molecular weight excluding hydrogens is 186 g/mol. The van der Waals surface area contributed by atoms with E-state index < -0.39 is 0 Å². The van der Waals surface area contributed by atoms with Gasteiger partial charge in [-0.15, -0.1) is 0 Å². The fourth-order valence-electron chi connectivity index (χ4n) is 1.89. The molecule has 1 aromatic heterocycles. The van der Waals surface area contributed by atoms with E-state index in [0.29, 0.717) is 6.04 Å². The Morgan fingerprint density at radius 3 is 2.93 bits per heavy atom. The topological polar surface area (TPSA) is 50.9 Å². The van der Waals surface area contributed by atoms with Crippen molar-refractivity contribution >= 4 is 11.5 Å². The van der Waals surface area contributed by atoms with E-state index in [2.05, 4.69) is 17.2 Å². The van der Waals surface area contributed by atoms with Crippen LogP contribution in [0.15, 0.2) is 12.3 Å². The van der Waals surface area contributed by atoms with Crippen LogP contribution in [0.2, 0.25) is 0 Å². The van der Waals surface area contributed by atoms with Crippen molar-refractivity contribution in [3.05, 3.63) is 17.8 Å². The van der Waals surface area contributed by atoms with Crippen LogP contribution in [0.1, 0.15) is 31.7 Å². The van der Waals surface area contributed by atoms with Crippen molar-refractivity contribution in [3.8, 4) is 0 Å². The monoisotopic (exact) mass is 205 g/mol. The Hall–Kier alpha value is -1.25. The molecule has 15 heavy (non-hydrogen) atoms.